The number of hydrogen-bond donors (Lipinski definition) is 2. The lowest BCUT2D eigenvalue weighted by atomic mass is 10.1. The van der Waals surface area contributed by atoms with Crippen molar-refractivity contribution < 1.29 is 19.1 Å². The summed E-state index contributed by atoms with van der Waals surface area (Å²) in [5.41, 5.74) is 0. The molecule has 1 saturated heterocycles. The van der Waals surface area contributed by atoms with Gasteiger partial charge >= 0.3 is 5.97 Å². The molecule has 1 unspecified atom stereocenters. The van der Waals surface area contributed by atoms with Crippen molar-refractivity contribution in [3.8, 4) is 0 Å². The fraction of sp³-hybridized carbons (Fsp3) is 0.800. The third kappa shape index (κ3) is 5.67. The lowest BCUT2D eigenvalue weighted by molar-refractivity contribution is -0.146. The summed E-state index contributed by atoms with van der Waals surface area (Å²) in [5, 5.41) is 5.91. The van der Waals surface area contributed by atoms with Gasteiger partial charge in [0.15, 0.2) is 6.61 Å². The summed E-state index contributed by atoms with van der Waals surface area (Å²) >= 11 is 0. The second-order valence-electron chi connectivity index (χ2n) is 3.73. The van der Waals surface area contributed by atoms with Crippen molar-refractivity contribution in [3.05, 3.63) is 0 Å². The van der Waals surface area contributed by atoms with Crippen LogP contribution in [-0.2, 0) is 19.1 Å². The van der Waals surface area contributed by atoms with Gasteiger partial charge < -0.3 is 20.1 Å². The van der Waals surface area contributed by atoms with E-state index in [1.54, 1.807) is 0 Å². The smallest absolute Gasteiger partial charge is 0.303 e. The predicted octanol–water partition coefficient (Wildman–Crippen LogP) is -1.10. The Balaban J connectivity index is 2.12. The highest BCUT2D eigenvalue weighted by atomic mass is 16.5. The van der Waals surface area contributed by atoms with E-state index in [-0.39, 0.29) is 18.4 Å². The second-order valence-corrected chi connectivity index (χ2v) is 3.73. The van der Waals surface area contributed by atoms with Crippen LogP contribution in [0.5, 0.6) is 0 Å². The Morgan fingerprint density at radius 2 is 2.38 bits per heavy atom. The predicted molar refractivity (Wildman–Crippen MR) is 56.8 cm³/mol. The zero-order valence-electron chi connectivity index (χ0n) is 9.45. The molecule has 0 aromatic rings. The first kappa shape index (κ1) is 12.9. The molecule has 92 valence electrons. The highest BCUT2D eigenvalue weighted by Gasteiger charge is 2.13. The number of amides is 1. The summed E-state index contributed by atoms with van der Waals surface area (Å²) in [4.78, 5) is 21.7. The van der Waals surface area contributed by atoms with E-state index in [9.17, 15) is 9.59 Å². The van der Waals surface area contributed by atoms with Gasteiger partial charge in [-0.05, 0) is 0 Å². The van der Waals surface area contributed by atoms with Gasteiger partial charge in [0, 0.05) is 32.5 Å². The number of carbonyl (C=O) groups is 2. The van der Waals surface area contributed by atoms with Crippen molar-refractivity contribution in [3.63, 3.8) is 0 Å². The van der Waals surface area contributed by atoms with E-state index in [2.05, 4.69) is 15.4 Å². The third-order valence-corrected chi connectivity index (χ3v) is 2.20. The normalized spacial score (nSPS) is 20.9. The average molecular weight is 230 g/mol. The first-order valence-corrected chi connectivity index (χ1v) is 5.37. The molecule has 0 aromatic carbocycles. The van der Waals surface area contributed by atoms with Crippen LogP contribution in [0.1, 0.15) is 6.92 Å². The maximum absolute atomic E-state index is 11.2. The molecule has 0 aliphatic carbocycles. The maximum Gasteiger partial charge on any atom is 0.303 e. The molecule has 0 bridgehead atoms. The molecule has 0 aromatic heterocycles. The summed E-state index contributed by atoms with van der Waals surface area (Å²) < 4.78 is 9.91. The molecule has 1 aliphatic rings. The second kappa shape index (κ2) is 7.19. The number of nitrogens with one attached hydrogen (secondary N) is 2. The van der Waals surface area contributed by atoms with Gasteiger partial charge in [-0.1, -0.05) is 0 Å². The molecule has 6 heteroatoms. The molecule has 6 nitrogen and oxygen atoms in total. The molecule has 0 saturated carbocycles. The van der Waals surface area contributed by atoms with Crippen molar-refractivity contribution in [1.82, 2.24) is 10.6 Å². The molecule has 1 aliphatic heterocycles. The minimum absolute atomic E-state index is 0.212. The van der Waals surface area contributed by atoms with E-state index in [0.29, 0.717) is 19.8 Å². The van der Waals surface area contributed by atoms with Crippen molar-refractivity contribution >= 4 is 11.9 Å². The average Bonchev–Trinajstić information content (AvgIpc) is 2.51. The zero-order chi connectivity index (χ0) is 11.8. The Labute approximate surface area is 94.7 Å². The van der Waals surface area contributed by atoms with Gasteiger partial charge in [0.1, 0.15) is 0 Å². The Kier molecular flexibility index (Phi) is 5.81. The van der Waals surface area contributed by atoms with Gasteiger partial charge in [0.05, 0.1) is 13.2 Å². The van der Waals surface area contributed by atoms with Crippen LogP contribution in [0.4, 0.5) is 0 Å². The van der Waals surface area contributed by atoms with E-state index in [1.807, 2.05) is 0 Å². The molecular weight excluding hydrogens is 212 g/mol. The fourth-order valence-electron chi connectivity index (χ4n) is 1.37. The fourth-order valence-corrected chi connectivity index (χ4v) is 1.37. The summed E-state index contributed by atoms with van der Waals surface area (Å²) in [7, 11) is 0. The molecule has 0 radical (unpaired) electrons. The summed E-state index contributed by atoms with van der Waals surface area (Å²) in [6, 6.07) is 0. The van der Waals surface area contributed by atoms with Crippen LogP contribution in [0.15, 0.2) is 0 Å². The van der Waals surface area contributed by atoms with Gasteiger partial charge in [-0.15, -0.1) is 0 Å². The van der Waals surface area contributed by atoms with Crippen molar-refractivity contribution in [2.75, 3.05) is 39.5 Å². The molecule has 1 atom stereocenters. The Hall–Kier alpha value is -1.14. The molecule has 0 spiro atoms. The van der Waals surface area contributed by atoms with Crippen LogP contribution in [0.25, 0.3) is 0 Å². The van der Waals surface area contributed by atoms with Crippen molar-refractivity contribution in [1.29, 1.82) is 0 Å². The van der Waals surface area contributed by atoms with E-state index in [1.165, 1.54) is 6.92 Å². The van der Waals surface area contributed by atoms with E-state index in [0.717, 1.165) is 13.1 Å². The van der Waals surface area contributed by atoms with E-state index < -0.39 is 5.97 Å². The van der Waals surface area contributed by atoms with Gasteiger partial charge in [-0.25, -0.2) is 0 Å². The Morgan fingerprint density at radius 3 is 3.12 bits per heavy atom. The topological polar surface area (TPSA) is 76.7 Å². The summed E-state index contributed by atoms with van der Waals surface area (Å²) in [6.07, 6.45) is 0. The summed E-state index contributed by atoms with van der Waals surface area (Å²) in [6.45, 7) is 4.62. The quantitative estimate of drug-likeness (QED) is 0.600. The lowest BCUT2D eigenvalue weighted by Crippen LogP contribution is -2.37. The SMILES string of the molecule is CC(=O)OCC(=O)NCC1CNCCOC1. The van der Waals surface area contributed by atoms with Gasteiger partial charge in [0.2, 0.25) is 0 Å². The van der Waals surface area contributed by atoms with Gasteiger partial charge in [0.25, 0.3) is 5.91 Å². The molecule has 1 rings (SSSR count). The van der Waals surface area contributed by atoms with Crippen LogP contribution in [-0.4, -0.2) is 51.3 Å². The largest absolute Gasteiger partial charge is 0.456 e. The Bertz CT molecular complexity index is 237. The molecule has 16 heavy (non-hydrogen) atoms. The van der Waals surface area contributed by atoms with Gasteiger partial charge in [-0.2, -0.15) is 0 Å². The molecular formula is C10H18N2O4. The number of rotatable bonds is 4. The van der Waals surface area contributed by atoms with Crippen LogP contribution >= 0.6 is 0 Å². The van der Waals surface area contributed by atoms with Crippen molar-refractivity contribution in [2.45, 2.75) is 6.92 Å². The molecule has 1 amide bonds. The highest BCUT2D eigenvalue weighted by Crippen LogP contribution is 1.97. The van der Waals surface area contributed by atoms with Crippen molar-refractivity contribution in [2.24, 2.45) is 5.92 Å². The lowest BCUT2D eigenvalue weighted by Gasteiger charge is -2.14. The first-order valence-electron chi connectivity index (χ1n) is 5.37. The van der Waals surface area contributed by atoms with E-state index >= 15 is 0 Å². The van der Waals surface area contributed by atoms with Crippen LogP contribution in [0, 0.1) is 5.92 Å². The minimum Gasteiger partial charge on any atom is -0.456 e. The molecule has 2 N–H and O–H groups in total. The monoisotopic (exact) mass is 230 g/mol. The van der Waals surface area contributed by atoms with Crippen LogP contribution in [0.3, 0.4) is 0 Å². The number of hydrogen-bond acceptors (Lipinski definition) is 5. The highest BCUT2D eigenvalue weighted by molar-refractivity contribution is 5.79. The van der Waals surface area contributed by atoms with Crippen LogP contribution < -0.4 is 10.6 Å². The maximum atomic E-state index is 11.2. The molecule has 1 heterocycles. The summed E-state index contributed by atoms with van der Waals surface area (Å²) in [5.74, 6) is -0.460. The van der Waals surface area contributed by atoms with Gasteiger partial charge in [-0.3, -0.25) is 9.59 Å². The first-order chi connectivity index (χ1) is 7.68. The molecule has 1 fully saturated rings. The minimum atomic E-state index is -0.449. The van der Waals surface area contributed by atoms with Crippen LogP contribution in [0.2, 0.25) is 0 Å². The third-order valence-electron chi connectivity index (χ3n) is 2.20. The number of esters is 1. The standard InChI is InChI=1S/C10H18N2O4/c1-8(13)16-7-10(14)12-5-9-4-11-2-3-15-6-9/h9,11H,2-7H2,1H3,(H,12,14). The Morgan fingerprint density at radius 1 is 1.56 bits per heavy atom. The van der Waals surface area contributed by atoms with E-state index in [4.69, 9.17) is 4.74 Å². The number of carbonyl (C=O) groups excluding carboxylic acids is 2. The zero-order valence-corrected chi connectivity index (χ0v) is 9.45. The number of ether oxygens (including phenoxy) is 2.